The smallest absolute Gasteiger partial charge is 0.328 e. The number of aliphatic hydroxyl groups excluding tert-OH is 1. The van der Waals surface area contributed by atoms with Crippen LogP contribution >= 0.6 is 0 Å². The van der Waals surface area contributed by atoms with Crippen molar-refractivity contribution in [2.24, 2.45) is 5.73 Å². The second-order valence-electron chi connectivity index (χ2n) is 3.30. The van der Waals surface area contributed by atoms with Gasteiger partial charge < -0.3 is 15.6 Å². The van der Waals surface area contributed by atoms with Crippen molar-refractivity contribution >= 4 is 5.97 Å². The summed E-state index contributed by atoms with van der Waals surface area (Å²) in [5.41, 5.74) is 4.52. The molecule has 3 N–H and O–H groups in total. The van der Waals surface area contributed by atoms with Crippen molar-refractivity contribution in [1.29, 1.82) is 0 Å². The average Bonchev–Trinajstić information content (AvgIpc) is 2.29. The summed E-state index contributed by atoms with van der Waals surface area (Å²) in [7, 11) is 1.28. The number of esters is 1. The highest BCUT2D eigenvalue weighted by molar-refractivity contribution is 5.81. The number of hydrogen-bond donors (Lipinski definition) is 2. The average molecular weight is 185 g/mol. The molecule has 0 bridgehead atoms. The van der Waals surface area contributed by atoms with Gasteiger partial charge in [-0.2, -0.15) is 0 Å². The molecule has 0 aromatic heterocycles. The first-order valence-corrected chi connectivity index (χ1v) is 4.33. The van der Waals surface area contributed by atoms with Crippen LogP contribution in [0.5, 0.6) is 0 Å². The Kier molecular flexibility index (Phi) is 3.06. The van der Waals surface area contributed by atoms with E-state index >= 15 is 0 Å². The number of methoxy groups -OCH3 is 1. The third-order valence-corrected chi connectivity index (χ3v) is 2.37. The number of carbonyl (C=O) groups excluding carboxylic acids is 1. The summed E-state index contributed by atoms with van der Waals surface area (Å²) in [6.07, 6.45) is 4.54. The van der Waals surface area contributed by atoms with E-state index in [2.05, 4.69) is 4.74 Å². The van der Waals surface area contributed by atoms with E-state index in [0.29, 0.717) is 6.42 Å². The highest BCUT2D eigenvalue weighted by Crippen LogP contribution is 2.22. The summed E-state index contributed by atoms with van der Waals surface area (Å²) in [6, 6.07) is 0. The molecule has 0 fully saturated rings. The Morgan fingerprint density at radius 3 is 3.08 bits per heavy atom. The van der Waals surface area contributed by atoms with Gasteiger partial charge in [-0.15, -0.1) is 0 Å². The fraction of sp³-hybridized carbons (Fsp3) is 0.667. The normalized spacial score (nSPS) is 33.9. The van der Waals surface area contributed by atoms with Crippen LogP contribution in [-0.2, 0) is 9.53 Å². The molecule has 0 saturated heterocycles. The molecule has 0 unspecified atom stereocenters. The van der Waals surface area contributed by atoms with E-state index in [1.54, 1.807) is 6.08 Å². The number of nitrogens with two attached hydrogens (primary N) is 1. The number of hydrogen-bond acceptors (Lipinski definition) is 4. The van der Waals surface area contributed by atoms with Gasteiger partial charge in [0, 0.05) is 0 Å². The van der Waals surface area contributed by atoms with Gasteiger partial charge in [-0.05, 0) is 19.3 Å². The fourth-order valence-electron chi connectivity index (χ4n) is 1.47. The summed E-state index contributed by atoms with van der Waals surface area (Å²) in [6.45, 7) is 0. The minimum Gasteiger partial charge on any atom is -0.468 e. The van der Waals surface area contributed by atoms with Crippen LogP contribution in [0.3, 0.4) is 0 Å². The minimum absolute atomic E-state index is 0.452. The lowest BCUT2D eigenvalue weighted by Crippen LogP contribution is -2.56. The molecule has 74 valence electrons. The van der Waals surface area contributed by atoms with Gasteiger partial charge in [-0.3, -0.25) is 0 Å². The van der Waals surface area contributed by atoms with Crippen molar-refractivity contribution in [3.63, 3.8) is 0 Å². The van der Waals surface area contributed by atoms with Crippen LogP contribution < -0.4 is 5.73 Å². The van der Waals surface area contributed by atoms with Gasteiger partial charge in [0.1, 0.15) is 11.6 Å². The van der Waals surface area contributed by atoms with E-state index in [4.69, 9.17) is 5.73 Å². The van der Waals surface area contributed by atoms with Gasteiger partial charge in [-0.1, -0.05) is 12.2 Å². The first kappa shape index (κ1) is 10.2. The minimum atomic E-state index is -1.26. The molecule has 4 nitrogen and oxygen atoms in total. The van der Waals surface area contributed by atoms with E-state index in [-0.39, 0.29) is 0 Å². The van der Waals surface area contributed by atoms with Crippen LogP contribution in [0.2, 0.25) is 0 Å². The third kappa shape index (κ3) is 1.89. The number of carbonyl (C=O) groups is 1. The van der Waals surface area contributed by atoms with Crippen molar-refractivity contribution < 1.29 is 14.6 Å². The van der Waals surface area contributed by atoms with E-state index in [0.717, 1.165) is 12.8 Å². The van der Waals surface area contributed by atoms with Crippen LogP contribution in [0, 0.1) is 0 Å². The van der Waals surface area contributed by atoms with Gasteiger partial charge in [0.25, 0.3) is 0 Å². The maximum Gasteiger partial charge on any atom is 0.328 e. The maximum absolute atomic E-state index is 11.3. The van der Waals surface area contributed by atoms with Crippen LogP contribution in [0.25, 0.3) is 0 Å². The Bertz CT molecular complexity index is 227. The van der Waals surface area contributed by atoms with Crippen molar-refractivity contribution in [3.8, 4) is 0 Å². The van der Waals surface area contributed by atoms with Crippen molar-refractivity contribution in [2.45, 2.75) is 30.9 Å². The Morgan fingerprint density at radius 1 is 1.77 bits per heavy atom. The molecule has 0 aromatic carbocycles. The Labute approximate surface area is 77.4 Å². The first-order chi connectivity index (χ1) is 6.11. The van der Waals surface area contributed by atoms with Crippen LogP contribution in [-0.4, -0.2) is 29.8 Å². The predicted molar refractivity (Wildman–Crippen MR) is 47.9 cm³/mol. The van der Waals surface area contributed by atoms with Crippen LogP contribution in [0.15, 0.2) is 12.2 Å². The predicted octanol–water partition coefficient (Wildman–Crippen LogP) is -0.0421. The van der Waals surface area contributed by atoms with Crippen molar-refractivity contribution in [2.75, 3.05) is 7.11 Å². The zero-order valence-electron chi connectivity index (χ0n) is 7.69. The lowest BCUT2D eigenvalue weighted by Gasteiger charge is -2.28. The maximum atomic E-state index is 11.3. The van der Waals surface area contributed by atoms with Gasteiger partial charge in [0.2, 0.25) is 0 Å². The van der Waals surface area contributed by atoms with Gasteiger partial charge in [0.15, 0.2) is 0 Å². The summed E-state index contributed by atoms with van der Waals surface area (Å²) in [5, 5.41) is 9.60. The summed E-state index contributed by atoms with van der Waals surface area (Å²) in [5.74, 6) is -0.549. The number of aliphatic hydroxyl groups is 1. The van der Waals surface area contributed by atoms with E-state index in [1.165, 1.54) is 7.11 Å². The Morgan fingerprint density at radius 2 is 2.46 bits per heavy atom. The van der Waals surface area contributed by atoms with E-state index in [9.17, 15) is 9.90 Å². The largest absolute Gasteiger partial charge is 0.468 e. The molecule has 2 atom stereocenters. The third-order valence-electron chi connectivity index (χ3n) is 2.37. The summed E-state index contributed by atoms with van der Waals surface area (Å²) in [4.78, 5) is 11.3. The molecule has 1 aliphatic carbocycles. The Hall–Kier alpha value is -0.870. The topological polar surface area (TPSA) is 72.5 Å². The molecule has 0 aromatic rings. The summed E-state index contributed by atoms with van der Waals surface area (Å²) < 4.78 is 4.56. The second-order valence-corrected chi connectivity index (χ2v) is 3.30. The molecular formula is C9H15NO3. The van der Waals surface area contributed by atoms with Crippen LogP contribution in [0.1, 0.15) is 19.3 Å². The standard InChI is InChI=1S/C9H15NO3/c1-13-8(12)9(10)6-4-2-3-5-7(9)11/h3,5,7,11H,2,4,6,10H2,1H3/t7-,9+/m1/s1. The number of allylic oxidation sites excluding steroid dienone is 1. The molecular weight excluding hydrogens is 170 g/mol. The zero-order valence-corrected chi connectivity index (χ0v) is 7.69. The van der Waals surface area contributed by atoms with Gasteiger partial charge >= 0.3 is 5.97 Å². The SMILES string of the molecule is COC(=O)[C@]1(N)CCCC=C[C@H]1O. The fourth-order valence-corrected chi connectivity index (χ4v) is 1.47. The lowest BCUT2D eigenvalue weighted by molar-refractivity contribution is -0.150. The number of ether oxygens (including phenoxy) is 1. The van der Waals surface area contributed by atoms with Crippen molar-refractivity contribution in [1.82, 2.24) is 0 Å². The Balaban J connectivity index is 2.84. The number of rotatable bonds is 1. The molecule has 0 saturated carbocycles. The van der Waals surface area contributed by atoms with Gasteiger partial charge in [0.05, 0.1) is 7.11 Å². The molecule has 4 heteroatoms. The van der Waals surface area contributed by atoms with E-state index in [1.807, 2.05) is 6.08 Å². The molecule has 0 aliphatic heterocycles. The van der Waals surface area contributed by atoms with Gasteiger partial charge in [-0.25, -0.2) is 4.79 Å². The van der Waals surface area contributed by atoms with E-state index < -0.39 is 17.6 Å². The van der Waals surface area contributed by atoms with Crippen molar-refractivity contribution in [3.05, 3.63) is 12.2 Å². The molecule has 0 heterocycles. The molecule has 13 heavy (non-hydrogen) atoms. The molecule has 0 radical (unpaired) electrons. The lowest BCUT2D eigenvalue weighted by atomic mass is 9.89. The highest BCUT2D eigenvalue weighted by atomic mass is 16.5. The zero-order chi connectivity index (χ0) is 9.90. The summed E-state index contributed by atoms with van der Waals surface area (Å²) >= 11 is 0. The molecule has 1 aliphatic rings. The quantitative estimate of drug-likeness (QED) is 0.444. The van der Waals surface area contributed by atoms with Crippen LogP contribution in [0.4, 0.5) is 0 Å². The first-order valence-electron chi connectivity index (χ1n) is 4.33. The molecule has 0 spiro atoms. The highest BCUT2D eigenvalue weighted by Gasteiger charge is 2.41. The monoisotopic (exact) mass is 185 g/mol. The molecule has 1 rings (SSSR count). The molecule has 0 amide bonds. The second kappa shape index (κ2) is 3.89.